The highest BCUT2D eigenvalue weighted by atomic mass is 16.2. The second kappa shape index (κ2) is 5.32. The molecule has 0 aliphatic rings. The van der Waals surface area contributed by atoms with Crippen molar-refractivity contribution >= 4 is 12.1 Å². The first-order valence-corrected chi connectivity index (χ1v) is 6.38. The Morgan fingerprint density at radius 3 is 2.80 bits per heavy atom. The lowest BCUT2D eigenvalue weighted by Crippen LogP contribution is -2.18. The normalized spacial score (nSPS) is 12.0. The Hall–Kier alpha value is -2.37. The lowest BCUT2D eigenvalue weighted by molar-refractivity contribution is 0.0950. The molecule has 0 bridgehead atoms. The van der Waals surface area contributed by atoms with E-state index in [1.807, 2.05) is 29.9 Å². The van der Waals surface area contributed by atoms with Crippen LogP contribution in [0.15, 0.2) is 29.5 Å². The molecule has 0 radical (unpaired) electrons. The molecular formula is C14H19N5O. The lowest BCUT2D eigenvalue weighted by Gasteiger charge is -2.14. The quantitative estimate of drug-likeness (QED) is 0.661. The monoisotopic (exact) mass is 273 g/mol. The smallest absolute Gasteiger partial charge is 0.291 e. The number of amides is 1. The van der Waals surface area contributed by atoms with Gasteiger partial charge in [-0.15, -0.1) is 0 Å². The van der Waals surface area contributed by atoms with E-state index in [9.17, 15) is 4.79 Å². The third-order valence-electron chi connectivity index (χ3n) is 2.97. The van der Waals surface area contributed by atoms with Crippen molar-refractivity contribution in [3.63, 3.8) is 0 Å². The van der Waals surface area contributed by atoms with Gasteiger partial charge in [0.25, 0.3) is 5.91 Å². The maximum atomic E-state index is 11.9. The molecule has 6 nitrogen and oxygen atoms in total. The summed E-state index contributed by atoms with van der Waals surface area (Å²) < 4.78 is 1.90. The number of nitrogens with one attached hydrogen (secondary N) is 2. The van der Waals surface area contributed by atoms with Gasteiger partial charge in [-0.1, -0.05) is 20.8 Å². The van der Waals surface area contributed by atoms with E-state index in [1.165, 1.54) is 0 Å². The Labute approximate surface area is 117 Å². The number of nitrogens with zero attached hydrogens (tertiary/aromatic N) is 3. The zero-order chi connectivity index (χ0) is 14.8. The zero-order valence-corrected chi connectivity index (χ0v) is 12.1. The Balaban J connectivity index is 2.01. The second-order valence-electron chi connectivity index (χ2n) is 5.66. The maximum absolute atomic E-state index is 11.9. The summed E-state index contributed by atoms with van der Waals surface area (Å²) in [7, 11) is 1.91. The Morgan fingerprint density at radius 1 is 1.50 bits per heavy atom. The van der Waals surface area contributed by atoms with Crippen molar-refractivity contribution in [2.24, 2.45) is 12.1 Å². The average molecular weight is 273 g/mol. The SMILES string of the molecule is Cn1cccc1C=NNC(=O)c1cc(C(C)(C)C)[nH]n1. The van der Waals surface area contributed by atoms with Gasteiger partial charge in [-0.2, -0.15) is 10.2 Å². The topological polar surface area (TPSA) is 75.1 Å². The van der Waals surface area contributed by atoms with E-state index in [2.05, 4.69) is 41.5 Å². The number of H-pyrrole nitrogens is 1. The Morgan fingerprint density at radius 2 is 2.25 bits per heavy atom. The Kier molecular flexibility index (Phi) is 3.74. The summed E-state index contributed by atoms with van der Waals surface area (Å²) in [5.41, 5.74) is 4.54. The van der Waals surface area contributed by atoms with Crippen LogP contribution in [-0.2, 0) is 12.5 Å². The van der Waals surface area contributed by atoms with Crippen LogP contribution in [0.1, 0.15) is 42.6 Å². The molecule has 0 aliphatic heterocycles. The first-order chi connectivity index (χ1) is 9.38. The standard InChI is InChI=1S/C14H19N5O/c1-14(2,3)12-8-11(16-17-12)13(20)18-15-9-10-6-5-7-19(10)4/h5-9H,1-4H3,(H,16,17)(H,18,20). The molecule has 0 unspecified atom stereocenters. The fourth-order valence-corrected chi connectivity index (χ4v) is 1.65. The van der Waals surface area contributed by atoms with Crippen LogP contribution in [0.2, 0.25) is 0 Å². The minimum atomic E-state index is -0.331. The van der Waals surface area contributed by atoms with Crippen molar-refractivity contribution in [3.8, 4) is 0 Å². The van der Waals surface area contributed by atoms with Crippen LogP contribution in [0.5, 0.6) is 0 Å². The summed E-state index contributed by atoms with van der Waals surface area (Å²) in [6.07, 6.45) is 3.50. The summed E-state index contributed by atoms with van der Waals surface area (Å²) in [6, 6.07) is 5.56. The zero-order valence-electron chi connectivity index (χ0n) is 12.1. The molecule has 2 aromatic rings. The number of aromatic amines is 1. The van der Waals surface area contributed by atoms with Gasteiger partial charge in [0.1, 0.15) is 0 Å². The number of hydrogen-bond donors (Lipinski definition) is 2. The van der Waals surface area contributed by atoms with Crippen LogP contribution in [0.4, 0.5) is 0 Å². The number of carbonyl (C=O) groups is 1. The first kappa shape index (κ1) is 14.0. The van der Waals surface area contributed by atoms with Crippen molar-refractivity contribution < 1.29 is 4.79 Å². The van der Waals surface area contributed by atoms with Gasteiger partial charge >= 0.3 is 0 Å². The molecule has 2 heterocycles. The van der Waals surface area contributed by atoms with E-state index in [4.69, 9.17) is 0 Å². The summed E-state index contributed by atoms with van der Waals surface area (Å²) in [4.78, 5) is 11.9. The average Bonchev–Trinajstić information content (AvgIpc) is 2.98. The molecule has 0 spiro atoms. The third-order valence-corrected chi connectivity index (χ3v) is 2.97. The van der Waals surface area contributed by atoms with Gasteiger partial charge < -0.3 is 4.57 Å². The predicted octanol–water partition coefficient (Wildman–Crippen LogP) is 1.81. The van der Waals surface area contributed by atoms with Crippen molar-refractivity contribution in [2.75, 3.05) is 0 Å². The van der Waals surface area contributed by atoms with Crippen LogP contribution < -0.4 is 5.43 Å². The molecule has 2 aromatic heterocycles. The van der Waals surface area contributed by atoms with E-state index in [0.29, 0.717) is 5.69 Å². The maximum Gasteiger partial charge on any atom is 0.291 e. The summed E-state index contributed by atoms with van der Waals surface area (Å²) >= 11 is 0. The van der Waals surface area contributed by atoms with Gasteiger partial charge in [0.05, 0.1) is 11.9 Å². The molecule has 0 saturated heterocycles. The largest absolute Gasteiger partial charge is 0.350 e. The number of hydrogen-bond acceptors (Lipinski definition) is 3. The number of carbonyl (C=O) groups excluding carboxylic acids is 1. The van der Waals surface area contributed by atoms with Gasteiger partial charge in [-0.3, -0.25) is 9.89 Å². The van der Waals surface area contributed by atoms with Crippen molar-refractivity contribution in [3.05, 3.63) is 41.5 Å². The van der Waals surface area contributed by atoms with E-state index in [1.54, 1.807) is 12.3 Å². The molecule has 20 heavy (non-hydrogen) atoms. The summed E-state index contributed by atoms with van der Waals surface area (Å²) in [5.74, 6) is -0.331. The van der Waals surface area contributed by atoms with Crippen molar-refractivity contribution in [1.82, 2.24) is 20.2 Å². The molecule has 6 heteroatoms. The molecule has 0 atom stereocenters. The highest BCUT2D eigenvalue weighted by molar-refractivity contribution is 5.93. The van der Waals surface area contributed by atoms with Crippen LogP contribution in [0.25, 0.3) is 0 Å². The molecule has 0 fully saturated rings. The van der Waals surface area contributed by atoms with E-state index in [-0.39, 0.29) is 11.3 Å². The fourth-order valence-electron chi connectivity index (χ4n) is 1.65. The van der Waals surface area contributed by atoms with Gasteiger partial charge in [0.2, 0.25) is 0 Å². The van der Waals surface area contributed by atoms with Gasteiger partial charge in [0, 0.05) is 24.4 Å². The Bertz CT molecular complexity index is 630. The van der Waals surface area contributed by atoms with Crippen LogP contribution >= 0.6 is 0 Å². The van der Waals surface area contributed by atoms with Gasteiger partial charge in [-0.05, 0) is 18.2 Å². The van der Waals surface area contributed by atoms with E-state index in [0.717, 1.165) is 11.4 Å². The summed E-state index contributed by atoms with van der Waals surface area (Å²) in [6.45, 7) is 6.15. The number of hydrazone groups is 1. The molecule has 1 amide bonds. The first-order valence-electron chi connectivity index (χ1n) is 6.38. The minimum absolute atomic E-state index is 0.0716. The fraction of sp³-hybridized carbons (Fsp3) is 0.357. The number of rotatable bonds is 3. The van der Waals surface area contributed by atoms with Gasteiger partial charge in [-0.25, -0.2) is 5.43 Å². The number of aromatic nitrogens is 3. The molecular weight excluding hydrogens is 254 g/mol. The van der Waals surface area contributed by atoms with Crippen LogP contribution in [-0.4, -0.2) is 26.9 Å². The minimum Gasteiger partial charge on any atom is -0.350 e. The van der Waals surface area contributed by atoms with Crippen molar-refractivity contribution in [2.45, 2.75) is 26.2 Å². The lowest BCUT2D eigenvalue weighted by atomic mass is 9.92. The van der Waals surface area contributed by atoms with Crippen LogP contribution in [0.3, 0.4) is 0 Å². The van der Waals surface area contributed by atoms with E-state index < -0.39 is 0 Å². The molecule has 0 saturated carbocycles. The number of aryl methyl sites for hydroxylation is 1. The second-order valence-corrected chi connectivity index (χ2v) is 5.66. The van der Waals surface area contributed by atoms with Gasteiger partial charge in [0.15, 0.2) is 5.69 Å². The molecule has 0 aliphatic carbocycles. The molecule has 2 rings (SSSR count). The van der Waals surface area contributed by atoms with Crippen LogP contribution in [0, 0.1) is 0 Å². The molecule has 0 aromatic carbocycles. The highest BCUT2D eigenvalue weighted by Gasteiger charge is 2.19. The summed E-state index contributed by atoms with van der Waals surface area (Å²) in [5, 5.41) is 10.8. The molecule has 106 valence electrons. The molecule has 2 N–H and O–H groups in total. The highest BCUT2D eigenvalue weighted by Crippen LogP contribution is 2.20. The van der Waals surface area contributed by atoms with Crippen molar-refractivity contribution in [1.29, 1.82) is 0 Å². The predicted molar refractivity (Wildman–Crippen MR) is 77.8 cm³/mol. The van der Waals surface area contributed by atoms with E-state index >= 15 is 0 Å². The third kappa shape index (κ3) is 3.14.